The van der Waals surface area contributed by atoms with Crippen molar-refractivity contribution in [2.24, 2.45) is 0 Å². The van der Waals surface area contributed by atoms with E-state index in [0.29, 0.717) is 12.2 Å². The predicted octanol–water partition coefficient (Wildman–Crippen LogP) is 1.75. The van der Waals surface area contributed by atoms with Crippen molar-refractivity contribution in [1.82, 2.24) is 0 Å². The Labute approximate surface area is 90.6 Å². The van der Waals surface area contributed by atoms with Gasteiger partial charge in [0.1, 0.15) is 0 Å². The number of ether oxygens (including phenoxy) is 1. The quantitative estimate of drug-likeness (QED) is 0.622. The number of non-ortho nitro benzene ring substituents is 1. The van der Waals surface area contributed by atoms with Gasteiger partial charge in [-0.15, -0.1) is 0 Å². The lowest BCUT2D eigenvalue weighted by atomic mass is 9.97. The number of carboxylic acid groups (broad SMARTS) is 1. The number of aromatic carboxylic acids is 1. The Hall–Kier alpha value is -1.95. The summed E-state index contributed by atoms with van der Waals surface area (Å²) in [7, 11) is 0. The van der Waals surface area contributed by atoms with Gasteiger partial charge < -0.3 is 9.84 Å². The largest absolute Gasteiger partial charge is 0.478 e. The molecule has 6 nitrogen and oxygen atoms in total. The van der Waals surface area contributed by atoms with Gasteiger partial charge in [-0.25, -0.2) is 4.79 Å². The molecule has 0 bridgehead atoms. The molecule has 1 fully saturated rings. The van der Waals surface area contributed by atoms with Gasteiger partial charge in [0.15, 0.2) is 0 Å². The third-order valence-corrected chi connectivity index (χ3v) is 2.52. The molecule has 6 heteroatoms. The minimum absolute atomic E-state index is 0.0566. The van der Waals surface area contributed by atoms with E-state index in [1.165, 1.54) is 12.1 Å². The third kappa shape index (κ3) is 1.74. The summed E-state index contributed by atoms with van der Waals surface area (Å²) in [6.45, 7) is 0.598. The van der Waals surface area contributed by atoms with Crippen LogP contribution in [0.25, 0.3) is 0 Å². The van der Waals surface area contributed by atoms with Gasteiger partial charge in [0.2, 0.25) is 0 Å². The molecular weight excluding hydrogens is 214 g/mol. The summed E-state index contributed by atoms with van der Waals surface area (Å²) in [6, 6.07) is 3.81. The van der Waals surface area contributed by atoms with Crippen LogP contribution in [-0.2, 0) is 4.74 Å². The number of carbonyl (C=O) groups is 1. The van der Waals surface area contributed by atoms with E-state index in [1.807, 2.05) is 0 Å². The molecule has 0 aliphatic carbocycles. The van der Waals surface area contributed by atoms with Crippen LogP contribution in [0.15, 0.2) is 18.2 Å². The maximum Gasteiger partial charge on any atom is 0.336 e. The van der Waals surface area contributed by atoms with Crippen molar-refractivity contribution in [2.75, 3.05) is 6.61 Å². The van der Waals surface area contributed by atoms with Crippen LogP contribution < -0.4 is 0 Å². The summed E-state index contributed by atoms with van der Waals surface area (Å²) >= 11 is 0. The van der Waals surface area contributed by atoms with Crippen molar-refractivity contribution in [1.29, 1.82) is 0 Å². The zero-order chi connectivity index (χ0) is 11.7. The summed E-state index contributed by atoms with van der Waals surface area (Å²) in [5.74, 6) is -1.17. The Bertz CT molecular complexity index is 453. The van der Waals surface area contributed by atoms with E-state index in [4.69, 9.17) is 9.84 Å². The van der Waals surface area contributed by atoms with E-state index in [9.17, 15) is 14.9 Å². The lowest BCUT2D eigenvalue weighted by Crippen LogP contribution is -2.21. The van der Waals surface area contributed by atoms with Crippen LogP contribution in [0, 0.1) is 10.1 Å². The van der Waals surface area contributed by atoms with Crippen LogP contribution in [0.5, 0.6) is 0 Å². The van der Waals surface area contributed by atoms with Crippen LogP contribution in [0.3, 0.4) is 0 Å². The monoisotopic (exact) mass is 223 g/mol. The Morgan fingerprint density at radius 2 is 2.25 bits per heavy atom. The van der Waals surface area contributed by atoms with Crippen molar-refractivity contribution in [3.05, 3.63) is 39.4 Å². The number of benzene rings is 1. The van der Waals surface area contributed by atoms with E-state index in [2.05, 4.69) is 0 Å². The van der Waals surface area contributed by atoms with E-state index in [1.54, 1.807) is 0 Å². The number of nitro groups is 1. The molecule has 1 N–H and O–H groups in total. The molecule has 0 aromatic heterocycles. The van der Waals surface area contributed by atoms with Crippen molar-refractivity contribution >= 4 is 11.7 Å². The van der Waals surface area contributed by atoms with Crippen LogP contribution in [0.4, 0.5) is 5.69 Å². The molecule has 2 rings (SSSR count). The molecule has 1 aromatic carbocycles. The normalized spacial score (nSPS) is 18.9. The lowest BCUT2D eigenvalue weighted by molar-refractivity contribution is -0.384. The number of hydrogen-bond donors (Lipinski definition) is 1. The molecular formula is C10H9NO5. The van der Waals surface area contributed by atoms with E-state index in [0.717, 1.165) is 12.5 Å². The first-order valence-corrected chi connectivity index (χ1v) is 4.73. The first-order chi connectivity index (χ1) is 7.59. The fourth-order valence-corrected chi connectivity index (χ4v) is 1.60. The van der Waals surface area contributed by atoms with Crippen molar-refractivity contribution in [3.63, 3.8) is 0 Å². The molecule has 1 saturated heterocycles. The second-order valence-electron chi connectivity index (χ2n) is 3.48. The molecule has 84 valence electrons. The highest BCUT2D eigenvalue weighted by Gasteiger charge is 2.26. The van der Waals surface area contributed by atoms with Crippen LogP contribution in [0.1, 0.15) is 28.4 Å². The van der Waals surface area contributed by atoms with Gasteiger partial charge in [0.05, 0.1) is 23.2 Å². The minimum Gasteiger partial charge on any atom is -0.478 e. The van der Waals surface area contributed by atoms with Gasteiger partial charge in [-0.1, -0.05) is 0 Å². The molecule has 16 heavy (non-hydrogen) atoms. The number of nitrogens with zero attached hydrogens (tertiary/aromatic N) is 1. The SMILES string of the molecule is O=C(O)c1cc([N+](=O)[O-])ccc1C1CCO1. The highest BCUT2D eigenvalue weighted by Crippen LogP contribution is 2.33. The van der Waals surface area contributed by atoms with Crippen LogP contribution in [0.2, 0.25) is 0 Å². The molecule has 0 saturated carbocycles. The average Bonchev–Trinajstić information content (AvgIpc) is 2.14. The summed E-state index contributed by atoms with van der Waals surface area (Å²) in [5.41, 5.74) is 0.226. The van der Waals surface area contributed by atoms with Gasteiger partial charge in [-0.2, -0.15) is 0 Å². The van der Waals surface area contributed by atoms with Gasteiger partial charge in [0, 0.05) is 18.6 Å². The summed E-state index contributed by atoms with van der Waals surface area (Å²) in [5, 5.41) is 19.5. The Kier molecular flexibility index (Phi) is 2.57. The van der Waals surface area contributed by atoms with Gasteiger partial charge >= 0.3 is 5.97 Å². The number of nitro benzene ring substituents is 1. The predicted molar refractivity (Wildman–Crippen MR) is 53.4 cm³/mol. The Balaban J connectivity index is 2.44. The summed E-state index contributed by atoms with van der Waals surface area (Å²) < 4.78 is 5.17. The summed E-state index contributed by atoms with van der Waals surface area (Å²) in [6.07, 6.45) is 0.504. The number of hydrogen-bond acceptors (Lipinski definition) is 4. The molecule has 1 heterocycles. The highest BCUT2D eigenvalue weighted by molar-refractivity contribution is 5.90. The van der Waals surface area contributed by atoms with E-state index in [-0.39, 0.29) is 17.4 Å². The minimum atomic E-state index is -1.17. The fourth-order valence-electron chi connectivity index (χ4n) is 1.60. The van der Waals surface area contributed by atoms with Gasteiger partial charge in [-0.3, -0.25) is 10.1 Å². The molecule has 0 amide bonds. The molecule has 1 unspecified atom stereocenters. The zero-order valence-electron chi connectivity index (χ0n) is 8.25. The summed E-state index contributed by atoms with van der Waals surface area (Å²) in [4.78, 5) is 20.9. The topological polar surface area (TPSA) is 89.7 Å². The molecule has 1 aromatic rings. The maximum atomic E-state index is 11.0. The average molecular weight is 223 g/mol. The second kappa shape index (κ2) is 3.90. The first-order valence-electron chi connectivity index (χ1n) is 4.73. The van der Waals surface area contributed by atoms with Crippen molar-refractivity contribution in [2.45, 2.75) is 12.5 Å². The molecule has 1 aliphatic rings. The number of carboxylic acids is 1. The van der Waals surface area contributed by atoms with Gasteiger partial charge in [-0.05, 0) is 11.6 Å². The lowest BCUT2D eigenvalue weighted by Gasteiger charge is -2.27. The molecule has 0 radical (unpaired) electrons. The highest BCUT2D eigenvalue weighted by atomic mass is 16.6. The van der Waals surface area contributed by atoms with Crippen LogP contribution >= 0.6 is 0 Å². The molecule has 1 aliphatic heterocycles. The fraction of sp³-hybridized carbons (Fsp3) is 0.300. The van der Waals surface area contributed by atoms with Crippen molar-refractivity contribution < 1.29 is 19.6 Å². The molecule has 1 atom stereocenters. The zero-order valence-corrected chi connectivity index (χ0v) is 8.25. The third-order valence-electron chi connectivity index (χ3n) is 2.52. The number of rotatable bonds is 3. The standard InChI is InChI=1S/C10H9NO5/c12-10(13)8-5-6(11(14)15)1-2-7(8)9-3-4-16-9/h1-2,5,9H,3-4H2,(H,12,13). The van der Waals surface area contributed by atoms with Crippen LogP contribution in [-0.4, -0.2) is 22.6 Å². The first kappa shape index (κ1) is 10.6. The smallest absolute Gasteiger partial charge is 0.336 e. The van der Waals surface area contributed by atoms with Crippen molar-refractivity contribution in [3.8, 4) is 0 Å². The van der Waals surface area contributed by atoms with E-state index < -0.39 is 10.9 Å². The Morgan fingerprint density at radius 3 is 2.69 bits per heavy atom. The van der Waals surface area contributed by atoms with Gasteiger partial charge in [0.25, 0.3) is 5.69 Å². The second-order valence-corrected chi connectivity index (χ2v) is 3.48. The van der Waals surface area contributed by atoms with E-state index >= 15 is 0 Å². The maximum absolute atomic E-state index is 11.0. The molecule has 0 spiro atoms. The Morgan fingerprint density at radius 1 is 1.56 bits per heavy atom.